The minimum absolute atomic E-state index is 0.0455. The molecule has 216 valence electrons. The highest BCUT2D eigenvalue weighted by atomic mass is 16.7. The van der Waals surface area contributed by atoms with E-state index in [-0.39, 0.29) is 12.0 Å². The van der Waals surface area contributed by atoms with E-state index in [1.165, 1.54) is 22.3 Å². The molecule has 2 aliphatic heterocycles. The maximum Gasteiger partial charge on any atom is 0.494 e. The molecule has 9 nitrogen and oxygen atoms in total. The highest BCUT2D eigenvalue weighted by Gasteiger charge is 2.51. The Morgan fingerprint density at radius 2 is 1.55 bits per heavy atom. The first kappa shape index (κ1) is 28.3. The van der Waals surface area contributed by atoms with E-state index in [9.17, 15) is 4.79 Å². The zero-order valence-corrected chi connectivity index (χ0v) is 24.6. The second-order valence-corrected chi connectivity index (χ2v) is 12.3. The number of nitrogens with zero attached hydrogens (tertiary/aromatic N) is 5. The first-order chi connectivity index (χ1) is 20.1. The summed E-state index contributed by atoms with van der Waals surface area (Å²) in [4.78, 5) is 20.1. The quantitative estimate of drug-likeness (QED) is 0.158. The third-order valence-corrected chi connectivity index (χ3v) is 9.06. The molecule has 2 heterocycles. The molecule has 42 heavy (non-hydrogen) atoms. The molecule has 2 saturated heterocycles. The molecule has 0 saturated carbocycles. The lowest BCUT2D eigenvalue weighted by Crippen LogP contribution is -2.48. The third kappa shape index (κ3) is 5.39. The van der Waals surface area contributed by atoms with Crippen molar-refractivity contribution in [3.05, 3.63) is 93.9 Å². The van der Waals surface area contributed by atoms with E-state index in [2.05, 4.69) is 57.4 Å². The Hall–Kier alpha value is -3.82. The Bertz CT molecular complexity index is 1480. The van der Waals surface area contributed by atoms with Gasteiger partial charge in [-0.1, -0.05) is 65.8 Å². The van der Waals surface area contributed by atoms with E-state index in [4.69, 9.17) is 19.6 Å². The van der Waals surface area contributed by atoms with Crippen molar-refractivity contribution in [2.24, 2.45) is 5.11 Å². The van der Waals surface area contributed by atoms with Crippen molar-refractivity contribution >= 4 is 24.4 Å². The van der Waals surface area contributed by atoms with E-state index in [1.807, 2.05) is 52.0 Å². The normalized spacial score (nSPS) is 19.2. The molecule has 2 fully saturated rings. The minimum Gasteiger partial charge on any atom is -0.448 e. The summed E-state index contributed by atoms with van der Waals surface area (Å²) in [7, 11) is -0.548. The molecule has 1 amide bonds. The molecular weight excluding hydrogens is 529 g/mol. The summed E-state index contributed by atoms with van der Waals surface area (Å²) in [6, 6.07) is 22.5. The van der Waals surface area contributed by atoms with Gasteiger partial charge in [0.1, 0.15) is 6.61 Å². The van der Waals surface area contributed by atoms with Crippen molar-refractivity contribution < 1.29 is 18.8 Å². The highest BCUT2D eigenvalue weighted by Crippen LogP contribution is 2.44. The molecule has 3 aromatic rings. The van der Waals surface area contributed by atoms with Gasteiger partial charge in [-0.25, -0.2) is 4.79 Å². The van der Waals surface area contributed by atoms with Gasteiger partial charge in [0.05, 0.1) is 11.2 Å². The second-order valence-electron chi connectivity index (χ2n) is 12.3. The largest absolute Gasteiger partial charge is 0.494 e. The molecule has 0 N–H and O–H groups in total. The number of piperazine rings is 1. The summed E-state index contributed by atoms with van der Waals surface area (Å²) in [5.74, 6) is 0.0455. The Kier molecular flexibility index (Phi) is 7.49. The van der Waals surface area contributed by atoms with Gasteiger partial charge < -0.3 is 18.9 Å². The average Bonchev–Trinajstić information content (AvgIpc) is 3.41. The number of fused-ring (bicyclic) bond motifs is 3. The van der Waals surface area contributed by atoms with E-state index in [1.54, 1.807) is 4.90 Å². The monoisotopic (exact) mass is 565 g/mol. The van der Waals surface area contributed by atoms with Crippen LogP contribution in [0.2, 0.25) is 0 Å². The van der Waals surface area contributed by atoms with Crippen LogP contribution in [0, 0.1) is 0 Å². The zero-order valence-electron chi connectivity index (χ0n) is 24.6. The Morgan fingerprint density at radius 1 is 0.952 bits per heavy atom. The fraction of sp³-hybridized carbons (Fsp3) is 0.406. The average molecular weight is 565 g/mol. The van der Waals surface area contributed by atoms with Gasteiger partial charge in [0.25, 0.3) is 0 Å². The first-order valence-electron chi connectivity index (χ1n) is 14.5. The zero-order chi connectivity index (χ0) is 29.5. The van der Waals surface area contributed by atoms with Crippen LogP contribution in [0.1, 0.15) is 50.3 Å². The number of carbonyl (C=O) groups is 1. The lowest BCUT2D eigenvalue weighted by Gasteiger charge is -2.34. The van der Waals surface area contributed by atoms with Gasteiger partial charge in [-0.3, -0.25) is 4.90 Å². The summed E-state index contributed by atoms with van der Waals surface area (Å²) in [5, 5.41) is 3.86. The van der Waals surface area contributed by atoms with Crippen molar-refractivity contribution in [2.75, 3.05) is 32.8 Å². The van der Waals surface area contributed by atoms with Crippen LogP contribution in [0.15, 0.2) is 71.8 Å². The maximum absolute atomic E-state index is 13.1. The summed E-state index contributed by atoms with van der Waals surface area (Å²) in [6.07, 6.45) is -0.273. The summed E-state index contributed by atoms with van der Waals surface area (Å²) in [6.45, 7) is 11.6. The number of rotatable bonds is 6. The smallest absolute Gasteiger partial charge is 0.448 e. The molecule has 0 spiro atoms. The van der Waals surface area contributed by atoms with E-state index < -0.39 is 18.3 Å². The van der Waals surface area contributed by atoms with E-state index >= 15 is 0 Å². The number of azide groups is 1. The van der Waals surface area contributed by atoms with Gasteiger partial charge in [-0.15, -0.1) is 0 Å². The molecule has 10 heteroatoms. The Labute approximate surface area is 247 Å². The van der Waals surface area contributed by atoms with Crippen LogP contribution >= 0.6 is 0 Å². The van der Waals surface area contributed by atoms with Crippen molar-refractivity contribution in [1.29, 1.82) is 0 Å². The molecule has 0 bridgehead atoms. The van der Waals surface area contributed by atoms with Gasteiger partial charge >= 0.3 is 13.2 Å². The van der Waals surface area contributed by atoms with Crippen molar-refractivity contribution in [3.8, 4) is 11.1 Å². The molecule has 3 aliphatic rings. The number of carbonyl (C=O) groups excluding carboxylic acids is 1. The fourth-order valence-corrected chi connectivity index (χ4v) is 6.05. The number of benzene rings is 3. The van der Waals surface area contributed by atoms with Crippen LogP contribution in [0.25, 0.3) is 21.6 Å². The Morgan fingerprint density at radius 3 is 2.14 bits per heavy atom. The summed E-state index contributed by atoms with van der Waals surface area (Å²) >= 11 is 0. The lowest BCUT2D eigenvalue weighted by molar-refractivity contribution is 0.00578. The first-order valence-corrected chi connectivity index (χ1v) is 14.5. The number of hydrogen-bond donors (Lipinski definition) is 0. The number of amides is 1. The SMILES string of the molecule is CC1(C)OB(c2cc(CN3CCN(C(=O)OCC4c5ccccc5-c5ccccc54)CC3)cc(N=[N+]=[N-])c2)OC1(C)C. The van der Waals surface area contributed by atoms with Crippen LogP contribution in [0.4, 0.5) is 10.5 Å². The van der Waals surface area contributed by atoms with Gasteiger partial charge in [0.15, 0.2) is 0 Å². The summed E-state index contributed by atoms with van der Waals surface area (Å²) < 4.78 is 18.4. The van der Waals surface area contributed by atoms with Crippen LogP contribution in [0.5, 0.6) is 0 Å². The van der Waals surface area contributed by atoms with Crippen molar-refractivity contribution in [3.63, 3.8) is 0 Å². The Balaban J connectivity index is 1.07. The van der Waals surface area contributed by atoms with Gasteiger partial charge in [-0.05, 0) is 72.6 Å². The van der Waals surface area contributed by atoms with Crippen LogP contribution < -0.4 is 5.46 Å². The minimum atomic E-state index is -0.548. The predicted octanol–water partition coefficient (Wildman–Crippen LogP) is 5.99. The molecule has 1 aliphatic carbocycles. The van der Waals surface area contributed by atoms with Crippen LogP contribution in [-0.4, -0.2) is 67.0 Å². The standard InChI is InChI=1S/C32H36BN5O4/c1-31(2)32(3,4)42-33(41-31)23-17-22(18-24(19-23)35-36-34)20-37-13-15-38(16-14-37)30(39)40-21-29-27-11-7-5-9-25(27)26-10-6-8-12-28(26)29/h5-12,17-19,29H,13-16,20-21H2,1-4H3. The highest BCUT2D eigenvalue weighted by molar-refractivity contribution is 6.62. The topological polar surface area (TPSA) is 100 Å². The fourth-order valence-electron chi connectivity index (χ4n) is 6.05. The van der Waals surface area contributed by atoms with E-state index in [0.29, 0.717) is 45.0 Å². The van der Waals surface area contributed by atoms with Gasteiger partial charge in [-0.2, -0.15) is 0 Å². The number of ether oxygens (including phenoxy) is 1. The molecule has 0 unspecified atom stereocenters. The van der Waals surface area contributed by atoms with Crippen molar-refractivity contribution in [1.82, 2.24) is 9.80 Å². The number of hydrogen-bond acceptors (Lipinski definition) is 6. The van der Waals surface area contributed by atoms with Crippen molar-refractivity contribution in [2.45, 2.75) is 51.4 Å². The van der Waals surface area contributed by atoms with Gasteiger partial charge in [0, 0.05) is 49.2 Å². The molecule has 6 rings (SSSR count). The maximum atomic E-state index is 13.1. The molecule has 0 aromatic heterocycles. The van der Waals surface area contributed by atoms with E-state index in [0.717, 1.165) is 11.0 Å². The van der Waals surface area contributed by atoms with Crippen LogP contribution in [-0.2, 0) is 20.6 Å². The lowest BCUT2D eigenvalue weighted by atomic mass is 9.78. The third-order valence-electron chi connectivity index (χ3n) is 9.06. The van der Waals surface area contributed by atoms with Gasteiger partial charge in [0.2, 0.25) is 0 Å². The molecule has 0 atom stereocenters. The van der Waals surface area contributed by atoms with Crippen LogP contribution in [0.3, 0.4) is 0 Å². The molecule has 3 aromatic carbocycles. The molecule has 0 radical (unpaired) electrons. The molecular formula is C32H36BN5O4. The predicted molar refractivity (Wildman–Crippen MR) is 163 cm³/mol. The second kappa shape index (κ2) is 11.1. The summed E-state index contributed by atoms with van der Waals surface area (Å²) in [5.41, 5.74) is 15.3.